The van der Waals surface area contributed by atoms with Crippen LogP contribution in [0.25, 0.3) is 0 Å². The van der Waals surface area contributed by atoms with Crippen LogP contribution in [0.1, 0.15) is 23.1 Å². The Morgan fingerprint density at radius 3 is 2.59 bits per heavy atom. The summed E-state index contributed by atoms with van der Waals surface area (Å²) in [5.74, 6) is 2.07. The highest BCUT2D eigenvalue weighted by Crippen LogP contribution is 2.35. The van der Waals surface area contributed by atoms with Gasteiger partial charge in [-0.2, -0.15) is 0 Å². The first-order valence-electron chi connectivity index (χ1n) is 7.23. The lowest BCUT2D eigenvalue weighted by Crippen LogP contribution is -2.35. The number of amidine groups is 1. The van der Waals surface area contributed by atoms with Gasteiger partial charge in [-0.1, -0.05) is 0 Å². The Bertz CT molecular complexity index is 743. The normalized spacial score (nSPS) is 15.8. The van der Waals surface area contributed by atoms with Crippen molar-refractivity contribution < 1.29 is 9.13 Å². The van der Waals surface area contributed by atoms with Crippen molar-refractivity contribution >= 4 is 5.84 Å². The summed E-state index contributed by atoms with van der Waals surface area (Å²) in [6.45, 7) is 0. The molecule has 2 aromatic rings. The number of hydrogen-bond acceptors (Lipinski definition) is 5. The number of hydrazone groups is 1. The molecule has 0 aromatic heterocycles. The summed E-state index contributed by atoms with van der Waals surface area (Å²) in [5.41, 5.74) is 10.9. The highest BCUT2D eigenvalue weighted by atomic mass is 19.1. The molecule has 1 aliphatic carbocycles. The molecule has 0 bridgehead atoms. The fourth-order valence-electron chi connectivity index (χ4n) is 2.87. The van der Waals surface area contributed by atoms with Crippen molar-refractivity contribution in [3.63, 3.8) is 0 Å². The molecule has 0 atom stereocenters. The molecule has 0 amide bonds. The van der Waals surface area contributed by atoms with Crippen molar-refractivity contribution in [3.8, 4) is 11.5 Å². The molecular weight excluding hydrogens is 283 g/mol. The molecule has 5 nitrogen and oxygen atoms in total. The van der Waals surface area contributed by atoms with Gasteiger partial charge >= 0.3 is 0 Å². The molecule has 0 fully saturated rings. The summed E-state index contributed by atoms with van der Waals surface area (Å²) in [6.07, 6.45) is 2.65. The molecule has 6 heteroatoms. The third kappa shape index (κ3) is 2.27. The average molecular weight is 298 g/mol. The van der Waals surface area contributed by atoms with Crippen LogP contribution in [-0.2, 0) is 12.8 Å². The maximum Gasteiger partial charge on any atom is 0.170 e. The van der Waals surface area contributed by atoms with E-state index in [4.69, 9.17) is 4.74 Å². The van der Waals surface area contributed by atoms with Crippen LogP contribution in [0.15, 0.2) is 41.5 Å². The SMILES string of the molecule is Fc1ccc(Oc2ccc(C3=NNNN3)cc2)c2c1CCC2. The number of fused-ring (bicyclic) bond motifs is 1. The van der Waals surface area contributed by atoms with Gasteiger partial charge in [-0.15, -0.1) is 10.6 Å². The van der Waals surface area contributed by atoms with Crippen molar-refractivity contribution in [2.24, 2.45) is 5.10 Å². The zero-order valence-corrected chi connectivity index (χ0v) is 11.8. The second-order valence-corrected chi connectivity index (χ2v) is 5.30. The van der Waals surface area contributed by atoms with Crippen molar-refractivity contribution in [2.75, 3.05) is 0 Å². The number of benzene rings is 2. The van der Waals surface area contributed by atoms with Crippen LogP contribution in [0.4, 0.5) is 4.39 Å². The summed E-state index contributed by atoms with van der Waals surface area (Å²) in [7, 11) is 0. The minimum absolute atomic E-state index is 0.125. The molecule has 0 radical (unpaired) electrons. The Morgan fingerprint density at radius 2 is 1.82 bits per heavy atom. The van der Waals surface area contributed by atoms with Crippen LogP contribution in [0.2, 0.25) is 0 Å². The Balaban J connectivity index is 1.58. The Labute approximate surface area is 127 Å². The zero-order chi connectivity index (χ0) is 14.9. The highest BCUT2D eigenvalue weighted by molar-refractivity contribution is 5.98. The van der Waals surface area contributed by atoms with Crippen molar-refractivity contribution in [2.45, 2.75) is 19.3 Å². The number of hydrogen-bond donors (Lipinski definition) is 3. The molecule has 2 aliphatic rings. The summed E-state index contributed by atoms with van der Waals surface area (Å²) in [5, 5.41) is 4.04. The number of nitrogens with zero attached hydrogens (tertiary/aromatic N) is 1. The number of halogens is 1. The monoisotopic (exact) mass is 298 g/mol. The first-order valence-corrected chi connectivity index (χ1v) is 7.23. The first kappa shape index (κ1) is 13.1. The molecule has 2 aromatic carbocycles. The summed E-state index contributed by atoms with van der Waals surface area (Å²) in [6, 6.07) is 10.8. The fourth-order valence-corrected chi connectivity index (χ4v) is 2.87. The van der Waals surface area contributed by atoms with E-state index in [0.717, 1.165) is 47.5 Å². The molecule has 4 rings (SSSR count). The number of ether oxygens (including phenoxy) is 1. The molecule has 0 saturated carbocycles. The van der Waals surface area contributed by atoms with E-state index in [9.17, 15) is 4.39 Å². The number of nitrogens with one attached hydrogen (secondary N) is 3. The molecular formula is C16H15FN4O. The van der Waals surface area contributed by atoms with Gasteiger partial charge in [-0.05, 0) is 61.2 Å². The Kier molecular flexibility index (Phi) is 3.16. The quantitative estimate of drug-likeness (QED) is 0.814. The third-order valence-electron chi connectivity index (χ3n) is 3.94. The summed E-state index contributed by atoms with van der Waals surface area (Å²) in [4.78, 5) is 0. The van der Waals surface area contributed by atoms with Gasteiger partial charge in [0.2, 0.25) is 0 Å². The third-order valence-corrected chi connectivity index (χ3v) is 3.94. The lowest BCUT2D eigenvalue weighted by Gasteiger charge is -2.11. The zero-order valence-electron chi connectivity index (χ0n) is 11.8. The van der Waals surface area contributed by atoms with Crippen LogP contribution in [-0.4, -0.2) is 5.84 Å². The van der Waals surface area contributed by atoms with Gasteiger partial charge in [0.05, 0.1) is 0 Å². The van der Waals surface area contributed by atoms with E-state index in [1.54, 1.807) is 6.07 Å². The highest BCUT2D eigenvalue weighted by Gasteiger charge is 2.20. The van der Waals surface area contributed by atoms with E-state index in [-0.39, 0.29) is 5.82 Å². The van der Waals surface area contributed by atoms with Crippen LogP contribution >= 0.6 is 0 Å². The molecule has 22 heavy (non-hydrogen) atoms. The predicted molar refractivity (Wildman–Crippen MR) is 80.9 cm³/mol. The fraction of sp³-hybridized carbons (Fsp3) is 0.188. The van der Waals surface area contributed by atoms with Crippen LogP contribution in [0, 0.1) is 5.82 Å². The minimum atomic E-state index is -0.125. The first-order chi connectivity index (χ1) is 10.8. The average Bonchev–Trinajstić information content (AvgIpc) is 3.22. The smallest absolute Gasteiger partial charge is 0.170 e. The van der Waals surface area contributed by atoms with Gasteiger partial charge in [0, 0.05) is 11.1 Å². The summed E-state index contributed by atoms with van der Waals surface area (Å²) >= 11 is 0. The minimum Gasteiger partial charge on any atom is -0.457 e. The van der Waals surface area contributed by atoms with E-state index in [2.05, 4.69) is 21.6 Å². The van der Waals surface area contributed by atoms with Crippen LogP contribution in [0.5, 0.6) is 11.5 Å². The second-order valence-electron chi connectivity index (χ2n) is 5.30. The Hall–Kier alpha value is -2.60. The van der Waals surface area contributed by atoms with Crippen molar-refractivity contribution in [1.29, 1.82) is 0 Å². The van der Waals surface area contributed by atoms with E-state index in [1.165, 1.54) is 6.07 Å². The maximum absolute atomic E-state index is 13.7. The lowest BCUT2D eigenvalue weighted by atomic mass is 10.1. The molecule has 0 unspecified atom stereocenters. The van der Waals surface area contributed by atoms with Crippen LogP contribution < -0.4 is 21.2 Å². The molecule has 1 heterocycles. The topological polar surface area (TPSA) is 57.7 Å². The molecule has 3 N–H and O–H groups in total. The molecule has 112 valence electrons. The van der Waals surface area contributed by atoms with Crippen molar-refractivity contribution in [1.82, 2.24) is 16.5 Å². The largest absolute Gasteiger partial charge is 0.457 e. The van der Waals surface area contributed by atoms with Gasteiger partial charge in [0.15, 0.2) is 5.84 Å². The Morgan fingerprint density at radius 1 is 1.00 bits per heavy atom. The van der Waals surface area contributed by atoms with Gasteiger partial charge < -0.3 is 4.74 Å². The molecule has 1 aliphatic heterocycles. The van der Waals surface area contributed by atoms with E-state index in [0.29, 0.717) is 5.84 Å². The standard InChI is InChI=1S/C16H15FN4O/c17-14-8-9-15(13-3-1-2-12(13)14)22-11-6-4-10(5-7-11)16-18-20-21-19-16/h4-9,20-21H,1-3H2,(H,18,19). The maximum atomic E-state index is 13.7. The van der Waals surface area contributed by atoms with Gasteiger partial charge in [0.1, 0.15) is 17.3 Å². The molecule has 0 spiro atoms. The van der Waals surface area contributed by atoms with E-state index in [1.807, 2.05) is 24.3 Å². The van der Waals surface area contributed by atoms with Gasteiger partial charge in [-0.25, -0.2) is 9.93 Å². The number of hydrazine groups is 2. The van der Waals surface area contributed by atoms with Gasteiger partial charge in [-0.3, -0.25) is 5.43 Å². The second kappa shape index (κ2) is 5.31. The lowest BCUT2D eigenvalue weighted by molar-refractivity contribution is 0.474. The molecule has 0 saturated heterocycles. The van der Waals surface area contributed by atoms with Gasteiger partial charge in [0.25, 0.3) is 0 Å². The summed E-state index contributed by atoms with van der Waals surface area (Å²) < 4.78 is 19.7. The van der Waals surface area contributed by atoms with E-state index < -0.39 is 0 Å². The predicted octanol–water partition coefficient (Wildman–Crippen LogP) is 2.38. The van der Waals surface area contributed by atoms with Crippen LogP contribution in [0.3, 0.4) is 0 Å². The number of rotatable bonds is 3. The van der Waals surface area contributed by atoms with Crippen molar-refractivity contribution in [3.05, 3.63) is 58.9 Å². The van der Waals surface area contributed by atoms with E-state index >= 15 is 0 Å².